The van der Waals surface area contributed by atoms with Crippen molar-refractivity contribution in [2.45, 2.75) is 6.42 Å². The molecule has 1 aromatic carbocycles. The van der Waals surface area contributed by atoms with Crippen molar-refractivity contribution in [2.24, 2.45) is 0 Å². The first kappa shape index (κ1) is 12.7. The number of benzene rings is 1. The second-order valence-electron chi connectivity index (χ2n) is 3.74. The van der Waals surface area contributed by atoms with Gasteiger partial charge in [0.25, 0.3) is 0 Å². The summed E-state index contributed by atoms with van der Waals surface area (Å²) < 4.78 is 0. The summed E-state index contributed by atoms with van der Waals surface area (Å²) in [5, 5.41) is 9.37. The first-order chi connectivity index (χ1) is 8.70. The molecule has 1 N–H and O–H groups in total. The Labute approximate surface area is 109 Å². The number of halogens is 1. The Bertz CT molecular complexity index is 555. The van der Waals surface area contributed by atoms with Crippen LogP contribution >= 0.6 is 11.6 Å². The van der Waals surface area contributed by atoms with Crippen molar-refractivity contribution in [1.82, 2.24) is 9.97 Å². The van der Waals surface area contributed by atoms with Gasteiger partial charge in [-0.1, -0.05) is 29.8 Å². The van der Waals surface area contributed by atoms with Crippen molar-refractivity contribution >= 4 is 17.4 Å². The first-order valence-electron chi connectivity index (χ1n) is 5.39. The van der Waals surface area contributed by atoms with Crippen LogP contribution in [0.3, 0.4) is 0 Å². The number of aliphatic hydroxyl groups excluding tert-OH is 1. The molecule has 18 heavy (non-hydrogen) atoms. The Morgan fingerprint density at radius 2 is 1.89 bits per heavy atom. The summed E-state index contributed by atoms with van der Waals surface area (Å²) in [4.78, 5) is 19.4. The van der Waals surface area contributed by atoms with Crippen LogP contribution in [0.5, 0.6) is 0 Å². The normalized spacial score (nSPS) is 10.3. The van der Waals surface area contributed by atoms with Crippen molar-refractivity contribution in [2.75, 3.05) is 6.61 Å². The van der Waals surface area contributed by atoms with Crippen LogP contribution in [-0.2, 0) is 6.42 Å². The van der Waals surface area contributed by atoms with Gasteiger partial charge in [0.05, 0.1) is 5.56 Å². The van der Waals surface area contributed by atoms with Crippen LogP contribution in [0.25, 0.3) is 0 Å². The smallest absolute Gasteiger partial charge is 0.191 e. The molecule has 2 rings (SSSR count). The molecule has 4 nitrogen and oxygen atoms in total. The number of rotatable bonds is 4. The monoisotopic (exact) mass is 262 g/mol. The number of Topliss-reactive ketones (excluding diaryl/α,β-unsaturated/α-hetero) is 1. The number of carbonyl (C=O) groups is 1. The van der Waals surface area contributed by atoms with Crippen molar-refractivity contribution in [3.8, 4) is 0 Å². The van der Waals surface area contributed by atoms with Crippen LogP contribution in [0.4, 0.5) is 0 Å². The highest BCUT2D eigenvalue weighted by atomic mass is 35.5. The van der Waals surface area contributed by atoms with E-state index in [4.69, 9.17) is 16.7 Å². The summed E-state index contributed by atoms with van der Waals surface area (Å²) in [5.41, 5.74) is 1.24. The molecule has 0 radical (unpaired) electrons. The molecule has 2 aromatic rings. The van der Waals surface area contributed by atoms with Gasteiger partial charge in [0.1, 0.15) is 12.4 Å². The van der Waals surface area contributed by atoms with E-state index in [9.17, 15) is 4.79 Å². The van der Waals surface area contributed by atoms with E-state index in [1.54, 1.807) is 6.07 Å². The maximum absolute atomic E-state index is 11.2. The number of hydrogen-bond acceptors (Lipinski definition) is 4. The number of hydrogen-bond donors (Lipinski definition) is 1. The topological polar surface area (TPSA) is 63.1 Å². The second kappa shape index (κ2) is 5.71. The summed E-state index contributed by atoms with van der Waals surface area (Å²) in [6.45, 7) is -0.535. The molecular weight excluding hydrogens is 252 g/mol. The first-order valence-corrected chi connectivity index (χ1v) is 5.77. The van der Waals surface area contributed by atoms with Crippen LogP contribution in [0.15, 0.2) is 36.7 Å². The van der Waals surface area contributed by atoms with Gasteiger partial charge in [-0.2, -0.15) is 0 Å². The molecule has 1 heterocycles. The van der Waals surface area contributed by atoms with Gasteiger partial charge in [0.15, 0.2) is 5.78 Å². The van der Waals surface area contributed by atoms with E-state index in [-0.39, 0.29) is 5.78 Å². The van der Waals surface area contributed by atoms with Crippen LogP contribution < -0.4 is 0 Å². The fraction of sp³-hybridized carbons (Fsp3) is 0.154. The van der Waals surface area contributed by atoms with E-state index in [2.05, 4.69) is 9.97 Å². The highest BCUT2D eigenvalue weighted by Gasteiger charge is 2.07. The summed E-state index contributed by atoms with van der Waals surface area (Å²) in [5.74, 6) is 0.192. The zero-order valence-corrected chi connectivity index (χ0v) is 10.3. The molecule has 0 unspecified atom stereocenters. The van der Waals surface area contributed by atoms with E-state index in [1.165, 1.54) is 12.4 Å². The third-order valence-electron chi connectivity index (χ3n) is 2.48. The van der Waals surface area contributed by atoms with Gasteiger partial charge in [-0.3, -0.25) is 4.79 Å². The van der Waals surface area contributed by atoms with Gasteiger partial charge in [-0.05, 0) is 11.6 Å². The number of aliphatic hydroxyl groups is 1. The Balaban J connectivity index is 2.16. The lowest BCUT2D eigenvalue weighted by molar-refractivity contribution is 0.0903. The molecule has 0 spiro atoms. The van der Waals surface area contributed by atoms with E-state index in [0.717, 1.165) is 5.56 Å². The minimum atomic E-state index is -0.535. The van der Waals surface area contributed by atoms with Gasteiger partial charge >= 0.3 is 0 Å². The number of carbonyl (C=O) groups excluding carboxylic acids is 1. The standard InChI is InChI=1S/C13H11ClN2O2/c14-11-4-2-1-3-9(11)5-13-15-6-10(7-16-13)12(18)8-17/h1-4,6-7,17H,5,8H2. The summed E-state index contributed by atoms with van der Waals surface area (Å²) in [6, 6.07) is 7.46. The minimum absolute atomic E-state index is 0.306. The molecule has 5 heteroatoms. The fourth-order valence-corrected chi connectivity index (χ4v) is 1.70. The largest absolute Gasteiger partial charge is 0.388 e. The zero-order chi connectivity index (χ0) is 13.0. The Kier molecular flexibility index (Phi) is 4.02. The molecule has 0 amide bonds. The number of nitrogens with zero attached hydrogens (tertiary/aromatic N) is 2. The molecule has 0 aliphatic carbocycles. The van der Waals surface area contributed by atoms with E-state index in [0.29, 0.717) is 22.8 Å². The second-order valence-corrected chi connectivity index (χ2v) is 4.14. The van der Waals surface area contributed by atoms with Crippen LogP contribution in [-0.4, -0.2) is 27.5 Å². The van der Waals surface area contributed by atoms with Crippen LogP contribution in [0.2, 0.25) is 5.02 Å². The SMILES string of the molecule is O=C(CO)c1cnc(Cc2ccccc2Cl)nc1. The molecule has 0 bridgehead atoms. The third kappa shape index (κ3) is 2.91. The summed E-state index contributed by atoms with van der Waals surface area (Å²) >= 11 is 6.04. The number of ketones is 1. The van der Waals surface area contributed by atoms with Gasteiger partial charge in [0, 0.05) is 23.8 Å². The summed E-state index contributed by atoms with van der Waals surface area (Å²) in [7, 11) is 0. The molecule has 0 aliphatic heterocycles. The third-order valence-corrected chi connectivity index (χ3v) is 2.85. The maximum atomic E-state index is 11.2. The van der Waals surface area contributed by atoms with Gasteiger partial charge in [-0.15, -0.1) is 0 Å². The van der Waals surface area contributed by atoms with E-state index >= 15 is 0 Å². The van der Waals surface area contributed by atoms with Crippen molar-refractivity contribution in [1.29, 1.82) is 0 Å². The van der Waals surface area contributed by atoms with Gasteiger partial charge < -0.3 is 5.11 Å². The predicted molar refractivity (Wildman–Crippen MR) is 67.7 cm³/mol. The highest BCUT2D eigenvalue weighted by molar-refractivity contribution is 6.31. The van der Waals surface area contributed by atoms with Crippen LogP contribution in [0, 0.1) is 0 Å². The molecule has 92 valence electrons. The molecule has 0 saturated heterocycles. The number of aromatic nitrogens is 2. The zero-order valence-electron chi connectivity index (χ0n) is 9.51. The highest BCUT2D eigenvalue weighted by Crippen LogP contribution is 2.17. The van der Waals surface area contributed by atoms with Gasteiger partial charge in [-0.25, -0.2) is 9.97 Å². The van der Waals surface area contributed by atoms with Crippen molar-refractivity contribution in [3.05, 3.63) is 58.6 Å². The van der Waals surface area contributed by atoms with Crippen LogP contribution in [0.1, 0.15) is 21.7 Å². The average molecular weight is 263 g/mol. The summed E-state index contributed by atoms with van der Waals surface area (Å²) in [6.07, 6.45) is 3.34. The lowest BCUT2D eigenvalue weighted by Crippen LogP contribution is -2.07. The Morgan fingerprint density at radius 1 is 1.22 bits per heavy atom. The predicted octanol–water partition coefficient (Wildman–Crippen LogP) is 1.90. The fourth-order valence-electron chi connectivity index (χ4n) is 1.49. The molecule has 1 aromatic heterocycles. The van der Waals surface area contributed by atoms with Crippen molar-refractivity contribution < 1.29 is 9.90 Å². The van der Waals surface area contributed by atoms with E-state index < -0.39 is 6.61 Å². The van der Waals surface area contributed by atoms with E-state index in [1.807, 2.05) is 18.2 Å². The Hall–Kier alpha value is -1.78. The minimum Gasteiger partial charge on any atom is -0.388 e. The molecule has 0 saturated carbocycles. The lowest BCUT2D eigenvalue weighted by Gasteiger charge is -2.03. The average Bonchev–Trinajstić information content (AvgIpc) is 2.41. The molecule has 0 fully saturated rings. The lowest BCUT2D eigenvalue weighted by atomic mass is 10.1. The molecule has 0 aliphatic rings. The van der Waals surface area contributed by atoms with Crippen molar-refractivity contribution in [3.63, 3.8) is 0 Å². The molecule has 0 atom stereocenters. The quantitative estimate of drug-likeness (QED) is 0.855. The molecular formula is C13H11ClN2O2. The van der Waals surface area contributed by atoms with Gasteiger partial charge in [0.2, 0.25) is 0 Å². The maximum Gasteiger partial charge on any atom is 0.191 e. The Morgan fingerprint density at radius 3 is 2.50 bits per heavy atom.